The van der Waals surface area contributed by atoms with E-state index in [2.05, 4.69) is 125 Å². The van der Waals surface area contributed by atoms with Crippen molar-refractivity contribution in [3.8, 4) is 28.4 Å². The Morgan fingerprint density at radius 2 is 1.52 bits per heavy atom. The molecule has 6 rings (SSSR count). The molecule has 0 spiro atoms. The zero-order valence-corrected chi connectivity index (χ0v) is 31.8. The first kappa shape index (κ1) is 35.3. The predicted molar refractivity (Wildman–Crippen MR) is 191 cm³/mol. The fourth-order valence-corrected chi connectivity index (χ4v) is 5.92. The monoisotopic (exact) mass is 820 g/mol. The van der Waals surface area contributed by atoms with Crippen molar-refractivity contribution >= 4 is 16.7 Å². The smallest absolute Gasteiger partial charge is 0.151 e. The largest absolute Gasteiger partial charge is 0.510 e. The minimum Gasteiger partial charge on any atom is -0.510 e. The minimum atomic E-state index is -0.0216. The van der Waals surface area contributed by atoms with E-state index in [-0.39, 0.29) is 26.5 Å². The molecule has 1 aliphatic heterocycles. The first-order valence-electron chi connectivity index (χ1n) is 16.5. The van der Waals surface area contributed by atoms with E-state index < -0.39 is 0 Å². The van der Waals surface area contributed by atoms with E-state index in [0.717, 1.165) is 11.3 Å². The van der Waals surface area contributed by atoms with Crippen LogP contribution in [0.25, 0.3) is 28.0 Å². The molecule has 0 saturated carbocycles. The van der Waals surface area contributed by atoms with Gasteiger partial charge in [0.15, 0.2) is 5.82 Å². The molecule has 5 aromatic rings. The van der Waals surface area contributed by atoms with Crippen molar-refractivity contribution in [2.45, 2.75) is 85.5 Å². The van der Waals surface area contributed by atoms with Gasteiger partial charge in [0, 0.05) is 45.0 Å². The first-order valence-corrected chi connectivity index (χ1v) is 16.5. The summed E-state index contributed by atoms with van der Waals surface area (Å²) in [5.74, 6) is 2.90. The average Bonchev–Trinajstić information content (AvgIpc) is 3.66. The summed E-state index contributed by atoms with van der Waals surface area (Å²) < 4.78 is 8.34. The van der Waals surface area contributed by atoms with Crippen LogP contribution in [0.5, 0.6) is 11.5 Å². The summed E-state index contributed by atoms with van der Waals surface area (Å²) in [5.41, 5.74) is 9.85. The third-order valence-corrected chi connectivity index (χ3v) is 8.66. The SMILES string of the molecule is CC(C)c1cc(C(C)C)c(-c2cc(Oc3[c-]c4c(cnn4-c4cc(C(C)(C)C)ccn4)nc3)[c-]c(N3C=CN(C)[CH-]3)c2)c(C(C)C)c1.[Pt]. The van der Waals surface area contributed by atoms with Gasteiger partial charge in [-0.05, 0) is 99.8 Å². The molecule has 48 heavy (non-hydrogen) atoms. The number of benzene rings is 2. The van der Waals surface area contributed by atoms with Gasteiger partial charge in [-0.1, -0.05) is 74.4 Å². The third kappa shape index (κ3) is 7.22. The van der Waals surface area contributed by atoms with Crippen molar-refractivity contribution in [1.82, 2.24) is 24.6 Å². The van der Waals surface area contributed by atoms with Crippen LogP contribution in [0.1, 0.15) is 102 Å². The molecule has 0 fully saturated rings. The summed E-state index contributed by atoms with van der Waals surface area (Å²) in [7, 11) is 2.02. The second-order valence-corrected chi connectivity index (χ2v) is 14.4. The zero-order chi connectivity index (χ0) is 33.6. The summed E-state index contributed by atoms with van der Waals surface area (Å²) in [5, 5.41) is 4.61. The topological polar surface area (TPSA) is 59.3 Å². The Kier molecular flexibility index (Phi) is 10.2. The van der Waals surface area contributed by atoms with Crippen LogP contribution in [-0.2, 0) is 26.5 Å². The van der Waals surface area contributed by atoms with E-state index in [0.29, 0.717) is 46.1 Å². The molecule has 0 aliphatic carbocycles. The third-order valence-electron chi connectivity index (χ3n) is 8.66. The van der Waals surface area contributed by atoms with E-state index in [9.17, 15) is 0 Å². The van der Waals surface area contributed by atoms with Crippen LogP contribution in [0.2, 0.25) is 0 Å². The van der Waals surface area contributed by atoms with Gasteiger partial charge in [0.05, 0.1) is 0 Å². The van der Waals surface area contributed by atoms with Crippen molar-refractivity contribution < 1.29 is 25.8 Å². The number of ether oxygens (including phenoxy) is 1. The van der Waals surface area contributed by atoms with Gasteiger partial charge < -0.3 is 19.5 Å². The summed E-state index contributed by atoms with van der Waals surface area (Å²) in [4.78, 5) is 13.4. The van der Waals surface area contributed by atoms with Gasteiger partial charge in [-0.25, -0.2) is 9.67 Å². The van der Waals surface area contributed by atoms with Gasteiger partial charge in [0.1, 0.15) is 0 Å². The molecular weight excluding hydrogens is 776 g/mol. The van der Waals surface area contributed by atoms with Crippen molar-refractivity contribution in [2.24, 2.45) is 0 Å². The van der Waals surface area contributed by atoms with Crippen molar-refractivity contribution in [2.75, 3.05) is 11.9 Å². The number of hydrogen-bond donors (Lipinski definition) is 0. The predicted octanol–water partition coefficient (Wildman–Crippen LogP) is 9.88. The number of rotatable bonds is 8. The number of anilines is 1. The summed E-state index contributed by atoms with van der Waals surface area (Å²) in [6, 6.07) is 20.1. The number of pyridine rings is 2. The Hall–Kier alpha value is -3.96. The zero-order valence-electron chi connectivity index (χ0n) is 29.6. The molecular formula is C40H45N6OPt-3. The van der Waals surface area contributed by atoms with Crippen LogP contribution in [0.4, 0.5) is 5.69 Å². The maximum atomic E-state index is 6.56. The number of hydrogen-bond acceptors (Lipinski definition) is 6. The molecule has 4 heterocycles. The Morgan fingerprint density at radius 3 is 2.12 bits per heavy atom. The molecule has 0 saturated heterocycles. The number of nitrogens with zero attached hydrogens (tertiary/aromatic N) is 6. The van der Waals surface area contributed by atoms with E-state index in [1.54, 1.807) is 17.1 Å². The van der Waals surface area contributed by atoms with E-state index in [4.69, 9.17) is 4.74 Å². The quantitative estimate of drug-likeness (QED) is 0.145. The van der Waals surface area contributed by atoms with Crippen molar-refractivity contribution in [3.05, 3.63) is 108 Å². The molecule has 1 aliphatic rings. The molecule has 7 nitrogen and oxygen atoms in total. The number of fused-ring (bicyclic) bond motifs is 1. The fourth-order valence-electron chi connectivity index (χ4n) is 5.92. The van der Waals surface area contributed by atoms with Crippen LogP contribution in [0.15, 0.2) is 67.4 Å². The Labute approximate surface area is 300 Å². The molecule has 254 valence electrons. The van der Waals surface area contributed by atoms with Crippen LogP contribution in [-0.4, -0.2) is 31.7 Å². The second-order valence-electron chi connectivity index (χ2n) is 14.4. The first-order chi connectivity index (χ1) is 22.3. The average molecular weight is 821 g/mol. The van der Waals surface area contributed by atoms with E-state index >= 15 is 0 Å². The molecule has 0 unspecified atom stereocenters. The molecule has 0 atom stereocenters. The summed E-state index contributed by atoms with van der Waals surface area (Å²) in [6.45, 7) is 22.2. The maximum Gasteiger partial charge on any atom is 0.151 e. The van der Waals surface area contributed by atoms with Gasteiger partial charge in [-0.2, -0.15) is 11.8 Å². The second kappa shape index (κ2) is 13.9. The molecule has 0 bridgehead atoms. The normalized spacial score (nSPS) is 13.4. The van der Waals surface area contributed by atoms with E-state index in [1.807, 2.05) is 43.3 Å². The van der Waals surface area contributed by atoms with Gasteiger partial charge in [0.2, 0.25) is 0 Å². The van der Waals surface area contributed by atoms with Gasteiger partial charge >= 0.3 is 0 Å². The Balaban J connectivity index is 0.00000451. The van der Waals surface area contributed by atoms with Gasteiger partial charge in [-0.3, -0.25) is 0 Å². The van der Waals surface area contributed by atoms with Crippen LogP contribution >= 0.6 is 0 Å². The summed E-state index contributed by atoms with van der Waals surface area (Å²) in [6.07, 6.45) is 9.31. The molecule has 8 heteroatoms. The summed E-state index contributed by atoms with van der Waals surface area (Å²) >= 11 is 0. The van der Waals surface area contributed by atoms with Crippen molar-refractivity contribution in [3.63, 3.8) is 0 Å². The van der Waals surface area contributed by atoms with Crippen LogP contribution in [0, 0.1) is 18.8 Å². The molecule has 0 amide bonds. The van der Waals surface area contributed by atoms with Crippen LogP contribution in [0.3, 0.4) is 0 Å². The van der Waals surface area contributed by atoms with Gasteiger partial charge in [-0.15, -0.1) is 35.5 Å². The van der Waals surface area contributed by atoms with E-state index in [1.165, 1.54) is 27.8 Å². The fraction of sp³-hybridized carbons (Fsp3) is 0.350. The minimum absolute atomic E-state index is 0. The van der Waals surface area contributed by atoms with Crippen LogP contribution < -0.4 is 9.64 Å². The van der Waals surface area contributed by atoms with Gasteiger partial charge in [0.25, 0.3) is 0 Å². The van der Waals surface area contributed by atoms with Crippen molar-refractivity contribution in [1.29, 1.82) is 0 Å². The number of aromatic nitrogens is 4. The Morgan fingerprint density at radius 1 is 0.812 bits per heavy atom. The molecule has 2 aromatic carbocycles. The maximum absolute atomic E-state index is 6.56. The Bertz CT molecular complexity index is 1920. The molecule has 0 radical (unpaired) electrons. The standard InChI is InChI=1S/C40H45N6O.Pt/c1-25(2)28-17-34(26(3)4)39(35(18-28)27(5)6)29-15-31(45-14-13-44(10)24-45)20-32(16-29)47-33-21-37-36(42-22-33)23-43-46(37)38-19-30(11-12-41-38)40(7,8)9;/h11-19,22-27H,1-10H3;/q-3;. The molecule has 0 N–H and O–H groups in total. The molecule has 3 aromatic heterocycles.